The van der Waals surface area contributed by atoms with Crippen molar-refractivity contribution in [2.75, 3.05) is 6.54 Å². The van der Waals surface area contributed by atoms with Crippen molar-refractivity contribution in [3.63, 3.8) is 0 Å². The molecule has 0 fully saturated rings. The summed E-state index contributed by atoms with van der Waals surface area (Å²) in [6.07, 6.45) is 17.6. The quantitative estimate of drug-likeness (QED) is 0.193. The van der Waals surface area contributed by atoms with Gasteiger partial charge in [-0.2, -0.15) is 5.10 Å². The first kappa shape index (κ1) is 32.6. The van der Waals surface area contributed by atoms with Crippen molar-refractivity contribution in [1.82, 2.24) is 30.4 Å². The normalized spacial score (nSPS) is 14.0. The number of hydrogen-bond acceptors (Lipinski definition) is 4. The van der Waals surface area contributed by atoms with E-state index in [1.54, 1.807) is 12.4 Å². The molecule has 0 aliphatic rings. The van der Waals surface area contributed by atoms with E-state index in [-0.39, 0.29) is 0 Å². The van der Waals surface area contributed by atoms with Crippen molar-refractivity contribution in [3.05, 3.63) is 155 Å². The largest absolute Gasteiger partial charge is 0.358 e. The van der Waals surface area contributed by atoms with Crippen molar-refractivity contribution in [1.29, 1.82) is 0 Å². The number of H-pyrrole nitrogens is 1. The molecule has 0 atom stereocenters. The fraction of sp³-hybridized carbons (Fsp3) is 0.189. The Morgan fingerprint density at radius 1 is 1.09 bits per heavy atom. The van der Waals surface area contributed by atoms with Gasteiger partial charge in [-0.3, -0.25) is 5.10 Å². The number of rotatable bonds is 14. The SMILES string of the molecule is C=C/C=C(\C(C)=C(/C)NC(=C)c1n[nH]c(=C/C)/c1=C\C(=C)C(/C=C(\C=C)CNCc1ccccc1)=C/C)n1cnc(C)c1. The van der Waals surface area contributed by atoms with Crippen LogP contribution in [0.1, 0.15) is 44.6 Å². The molecule has 3 aromatic rings. The molecule has 2 aromatic heterocycles. The summed E-state index contributed by atoms with van der Waals surface area (Å²) in [6.45, 7) is 28.2. The maximum Gasteiger partial charge on any atom is 0.116 e. The number of imidazole rings is 1. The zero-order chi connectivity index (χ0) is 31.4. The van der Waals surface area contributed by atoms with Crippen LogP contribution in [-0.4, -0.2) is 26.3 Å². The van der Waals surface area contributed by atoms with Crippen LogP contribution < -0.4 is 21.2 Å². The van der Waals surface area contributed by atoms with E-state index < -0.39 is 0 Å². The fourth-order valence-electron chi connectivity index (χ4n) is 4.55. The maximum atomic E-state index is 4.61. The molecule has 0 saturated heterocycles. The second-order valence-electron chi connectivity index (χ2n) is 10.2. The van der Waals surface area contributed by atoms with Gasteiger partial charge in [-0.15, -0.1) is 0 Å². The molecule has 6 heteroatoms. The van der Waals surface area contributed by atoms with Gasteiger partial charge in [0, 0.05) is 30.2 Å². The lowest BCUT2D eigenvalue weighted by Crippen LogP contribution is -2.27. The Kier molecular flexibility index (Phi) is 12.0. The summed E-state index contributed by atoms with van der Waals surface area (Å²) in [4.78, 5) is 4.37. The summed E-state index contributed by atoms with van der Waals surface area (Å²) in [5.74, 6) is 0. The zero-order valence-corrected chi connectivity index (χ0v) is 26.2. The molecule has 0 spiro atoms. The topological polar surface area (TPSA) is 70.6 Å². The third-order valence-electron chi connectivity index (χ3n) is 7.06. The summed E-state index contributed by atoms with van der Waals surface area (Å²) < 4.78 is 1.99. The highest BCUT2D eigenvalue weighted by atomic mass is 15.1. The highest BCUT2D eigenvalue weighted by Crippen LogP contribution is 2.20. The van der Waals surface area contributed by atoms with E-state index >= 15 is 0 Å². The molecule has 43 heavy (non-hydrogen) atoms. The summed E-state index contributed by atoms with van der Waals surface area (Å²) >= 11 is 0. The van der Waals surface area contributed by atoms with E-state index in [4.69, 9.17) is 0 Å². The minimum atomic E-state index is 0.675. The molecule has 222 valence electrons. The van der Waals surface area contributed by atoms with E-state index in [0.717, 1.165) is 62.2 Å². The number of aryl methyl sites for hydroxylation is 1. The molecule has 0 radical (unpaired) electrons. The van der Waals surface area contributed by atoms with Gasteiger partial charge in [-0.05, 0) is 74.6 Å². The molecule has 0 saturated carbocycles. The Hall–Kier alpha value is -4.94. The van der Waals surface area contributed by atoms with Crippen LogP contribution in [0.15, 0.2) is 128 Å². The number of aromatic amines is 1. The van der Waals surface area contributed by atoms with E-state index in [1.807, 2.05) is 81.0 Å². The molecule has 0 amide bonds. The Balaban J connectivity index is 1.86. The van der Waals surface area contributed by atoms with Gasteiger partial charge in [-0.25, -0.2) is 4.98 Å². The van der Waals surface area contributed by atoms with Crippen molar-refractivity contribution in [2.45, 2.75) is 41.2 Å². The first-order valence-electron chi connectivity index (χ1n) is 14.4. The lowest BCUT2D eigenvalue weighted by atomic mass is 10.0. The Bertz CT molecular complexity index is 1720. The van der Waals surface area contributed by atoms with Crippen molar-refractivity contribution in [3.8, 4) is 0 Å². The number of aromatic nitrogens is 4. The average molecular weight is 573 g/mol. The number of benzene rings is 1. The van der Waals surface area contributed by atoms with Gasteiger partial charge >= 0.3 is 0 Å². The van der Waals surface area contributed by atoms with Crippen molar-refractivity contribution >= 4 is 23.5 Å². The van der Waals surface area contributed by atoms with Crippen LogP contribution in [0.5, 0.6) is 0 Å². The second kappa shape index (κ2) is 15.9. The molecule has 0 unspecified atom stereocenters. The molecule has 6 nitrogen and oxygen atoms in total. The molecule has 0 aliphatic heterocycles. The second-order valence-corrected chi connectivity index (χ2v) is 10.2. The highest BCUT2D eigenvalue weighted by Gasteiger charge is 2.12. The molecule has 0 bridgehead atoms. The monoisotopic (exact) mass is 572 g/mol. The van der Waals surface area contributed by atoms with Gasteiger partial charge in [0.25, 0.3) is 0 Å². The Morgan fingerprint density at radius 2 is 1.84 bits per heavy atom. The molecule has 1 aromatic carbocycles. The van der Waals surface area contributed by atoms with Crippen LogP contribution in [0.2, 0.25) is 0 Å². The predicted octanol–water partition coefficient (Wildman–Crippen LogP) is 6.48. The average Bonchev–Trinajstić information content (AvgIpc) is 3.63. The van der Waals surface area contributed by atoms with Gasteiger partial charge in [0.2, 0.25) is 0 Å². The van der Waals surface area contributed by atoms with Gasteiger partial charge in [0.1, 0.15) is 5.69 Å². The highest BCUT2D eigenvalue weighted by molar-refractivity contribution is 5.70. The summed E-state index contributed by atoms with van der Waals surface area (Å²) in [5, 5.41) is 16.5. The smallest absolute Gasteiger partial charge is 0.116 e. The zero-order valence-electron chi connectivity index (χ0n) is 26.2. The van der Waals surface area contributed by atoms with Gasteiger partial charge in [0.05, 0.1) is 28.8 Å². The molecule has 2 heterocycles. The third kappa shape index (κ3) is 8.77. The van der Waals surface area contributed by atoms with Crippen LogP contribution in [0.3, 0.4) is 0 Å². The van der Waals surface area contributed by atoms with Crippen LogP contribution in [0.25, 0.3) is 23.5 Å². The van der Waals surface area contributed by atoms with Gasteiger partial charge in [-0.1, -0.05) is 87.0 Å². The third-order valence-corrected chi connectivity index (χ3v) is 7.06. The lowest BCUT2D eigenvalue weighted by molar-refractivity contribution is 0.747. The first-order chi connectivity index (χ1) is 20.7. The van der Waals surface area contributed by atoms with E-state index in [0.29, 0.717) is 12.2 Å². The minimum absolute atomic E-state index is 0.675. The standard InChI is InChI=1S/C37H44N6/c1-10-17-36(43-24-27(6)39-25-43)28(7)29(8)40-30(9)37-34(35(13-4)41-42-37)20-26(5)33(12-3)21-31(11-2)22-38-23-32-18-15-14-16-19-32/h10-21,24-25,38,40-41H,1-2,5,9,22-23H2,3-4,6-8H3/b29-28+,31-21+,33-12+,34-20+,35-13+,36-17+. The first-order valence-corrected chi connectivity index (χ1v) is 14.4. The van der Waals surface area contributed by atoms with Crippen molar-refractivity contribution < 1.29 is 0 Å². The number of nitrogens with one attached hydrogen (secondary N) is 3. The predicted molar refractivity (Wildman–Crippen MR) is 184 cm³/mol. The minimum Gasteiger partial charge on any atom is -0.358 e. The van der Waals surface area contributed by atoms with Crippen LogP contribution >= 0.6 is 0 Å². The molecule has 3 N–H and O–H groups in total. The van der Waals surface area contributed by atoms with Gasteiger partial charge < -0.3 is 15.2 Å². The molecule has 3 rings (SSSR count). The molecular weight excluding hydrogens is 528 g/mol. The van der Waals surface area contributed by atoms with Gasteiger partial charge in [0.15, 0.2) is 0 Å². The number of hydrogen-bond donors (Lipinski definition) is 3. The van der Waals surface area contributed by atoms with E-state index in [1.165, 1.54) is 5.56 Å². The maximum absolute atomic E-state index is 4.61. The Morgan fingerprint density at radius 3 is 2.44 bits per heavy atom. The summed E-state index contributed by atoms with van der Waals surface area (Å²) in [7, 11) is 0. The Labute approximate surface area is 256 Å². The van der Waals surface area contributed by atoms with E-state index in [2.05, 4.69) is 83.3 Å². The molecule has 0 aliphatic carbocycles. The lowest BCUT2D eigenvalue weighted by Gasteiger charge is -2.15. The number of allylic oxidation sites excluding steroid dienone is 9. The van der Waals surface area contributed by atoms with Crippen molar-refractivity contribution in [2.24, 2.45) is 0 Å². The van der Waals surface area contributed by atoms with Crippen LogP contribution in [0, 0.1) is 6.92 Å². The fourth-order valence-corrected chi connectivity index (χ4v) is 4.55. The number of nitrogens with zero attached hydrogens (tertiary/aromatic N) is 3. The molecular formula is C37H44N6. The van der Waals surface area contributed by atoms with Crippen LogP contribution in [0.4, 0.5) is 0 Å². The van der Waals surface area contributed by atoms with Crippen LogP contribution in [-0.2, 0) is 6.54 Å². The summed E-state index contributed by atoms with van der Waals surface area (Å²) in [6, 6.07) is 10.4. The van der Waals surface area contributed by atoms with E-state index in [9.17, 15) is 0 Å². The summed E-state index contributed by atoms with van der Waals surface area (Å²) in [5.41, 5.74) is 9.47.